The fraction of sp³-hybridized carbons (Fsp3) is 0.500. The normalized spacial score (nSPS) is 17.9. The predicted molar refractivity (Wildman–Crippen MR) is 77.8 cm³/mol. The Balaban J connectivity index is 1.85. The second-order valence-electron chi connectivity index (χ2n) is 5.18. The number of amides is 1. The maximum atomic E-state index is 13.0. The molecule has 0 spiro atoms. The summed E-state index contributed by atoms with van der Waals surface area (Å²) in [5.74, 6) is -0.839. The van der Waals surface area contributed by atoms with E-state index in [1.807, 2.05) is 0 Å². The molecule has 1 atom stereocenters. The van der Waals surface area contributed by atoms with Crippen LogP contribution in [0.2, 0.25) is 0 Å². The molecule has 0 bridgehead atoms. The first kappa shape index (κ1) is 16.3. The number of rotatable bonds is 5. The number of benzene rings is 1. The van der Waals surface area contributed by atoms with Crippen LogP contribution in [0.25, 0.3) is 0 Å². The zero-order valence-electron chi connectivity index (χ0n) is 12.6. The summed E-state index contributed by atoms with van der Waals surface area (Å²) < 4.78 is 23.3. The third kappa shape index (κ3) is 4.44. The van der Waals surface area contributed by atoms with Crippen LogP contribution in [0.4, 0.5) is 4.39 Å². The molecule has 1 amide bonds. The molecule has 0 N–H and O–H groups in total. The zero-order valence-corrected chi connectivity index (χ0v) is 12.6. The fourth-order valence-corrected chi connectivity index (χ4v) is 2.45. The van der Waals surface area contributed by atoms with E-state index < -0.39 is 5.82 Å². The Morgan fingerprint density at radius 1 is 1.41 bits per heavy atom. The second-order valence-corrected chi connectivity index (χ2v) is 5.18. The van der Waals surface area contributed by atoms with Crippen molar-refractivity contribution in [3.05, 3.63) is 30.1 Å². The highest BCUT2D eigenvalue weighted by atomic mass is 19.1. The van der Waals surface area contributed by atoms with Crippen LogP contribution in [-0.4, -0.2) is 43.1 Å². The lowest BCUT2D eigenvalue weighted by Gasteiger charge is -2.31. The van der Waals surface area contributed by atoms with Crippen molar-refractivity contribution in [1.82, 2.24) is 4.90 Å². The van der Waals surface area contributed by atoms with E-state index in [1.54, 1.807) is 17.9 Å². The van der Waals surface area contributed by atoms with Crippen LogP contribution in [0.3, 0.4) is 0 Å². The smallest absolute Gasteiger partial charge is 0.310 e. The van der Waals surface area contributed by atoms with Crippen molar-refractivity contribution in [1.29, 1.82) is 0 Å². The third-order valence-corrected chi connectivity index (χ3v) is 3.55. The molecule has 0 aliphatic carbocycles. The first-order chi connectivity index (χ1) is 10.6. The van der Waals surface area contributed by atoms with Gasteiger partial charge < -0.3 is 14.4 Å². The number of likely N-dealkylation sites (tertiary alicyclic amines) is 1. The maximum Gasteiger partial charge on any atom is 0.310 e. The first-order valence-electron chi connectivity index (χ1n) is 7.43. The lowest BCUT2D eigenvalue weighted by Crippen LogP contribution is -2.44. The molecule has 0 unspecified atom stereocenters. The largest absolute Gasteiger partial charge is 0.484 e. The molecule has 22 heavy (non-hydrogen) atoms. The van der Waals surface area contributed by atoms with Gasteiger partial charge in [-0.05, 0) is 31.9 Å². The molecule has 1 saturated heterocycles. The van der Waals surface area contributed by atoms with Crippen LogP contribution in [0, 0.1) is 11.7 Å². The lowest BCUT2D eigenvalue weighted by atomic mass is 9.98. The summed E-state index contributed by atoms with van der Waals surface area (Å²) in [5.41, 5.74) is 0. The van der Waals surface area contributed by atoms with E-state index in [9.17, 15) is 14.0 Å². The van der Waals surface area contributed by atoms with E-state index in [4.69, 9.17) is 9.47 Å². The van der Waals surface area contributed by atoms with Gasteiger partial charge in [0, 0.05) is 19.2 Å². The SMILES string of the molecule is CCOC(=O)[C@@H]1CCCN(C(=O)COc2cccc(F)c2)C1. The van der Waals surface area contributed by atoms with Gasteiger partial charge in [0.25, 0.3) is 5.91 Å². The molecule has 0 radical (unpaired) electrons. The van der Waals surface area contributed by atoms with Gasteiger partial charge in [0.2, 0.25) is 0 Å². The summed E-state index contributed by atoms with van der Waals surface area (Å²) in [6.07, 6.45) is 1.49. The van der Waals surface area contributed by atoms with Crippen molar-refractivity contribution in [3.8, 4) is 5.75 Å². The highest BCUT2D eigenvalue weighted by Crippen LogP contribution is 2.18. The quantitative estimate of drug-likeness (QED) is 0.781. The summed E-state index contributed by atoms with van der Waals surface area (Å²) in [4.78, 5) is 25.5. The molecule has 0 saturated carbocycles. The standard InChI is InChI=1S/C16H20FNO4/c1-2-21-16(20)12-5-4-8-18(10-12)15(19)11-22-14-7-3-6-13(17)9-14/h3,6-7,9,12H,2,4-5,8,10-11H2,1H3/t12-/m1/s1. The summed E-state index contributed by atoms with van der Waals surface area (Å²) in [7, 11) is 0. The summed E-state index contributed by atoms with van der Waals surface area (Å²) in [5, 5.41) is 0. The molecule has 1 heterocycles. The van der Waals surface area contributed by atoms with Gasteiger partial charge in [-0.15, -0.1) is 0 Å². The van der Waals surface area contributed by atoms with E-state index in [0.717, 1.165) is 12.8 Å². The number of carbonyl (C=O) groups is 2. The van der Waals surface area contributed by atoms with Gasteiger partial charge in [-0.1, -0.05) is 6.07 Å². The topological polar surface area (TPSA) is 55.8 Å². The number of carbonyl (C=O) groups excluding carboxylic acids is 2. The first-order valence-corrected chi connectivity index (χ1v) is 7.43. The monoisotopic (exact) mass is 309 g/mol. The number of esters is 1. The molecule has 6 heteroatoms. The van der Waals surface area contributed by atoms with Crippen molar-refractivity contribution in [2.45, 2.75) is 19.8 Å². The fourth-order valence-electron chi connectivity index (χ4n) is 2.45. The summed E-state index contributed by atoms with van der Waals surface area (Å²) in [6, 6.07) is 5.65. The molecular weight excluding hydrogens is 289 g/mol. The highest BCUT2D eigenvalue weighted by molar-refractivity contribution is 5.79. The Kier molecular flexibility index (Phi) is 5.75. The molecule has 1 aromatic carbocycles. The van der Waals surface area contributed by atoms with Gasteiger partial charge in [0.1, 0.15) is 11.6 Å². The van der Waals surface area contributed by atoms with Gasteiger partial charge in [-0.3, -0.25) is 9.59 Å². The molecule has 2 rings (SSSR count). The molecule has 1 aliphatic heterocycles. The second kappa shape index (κ2) is 7.77. The number of nitrogens with zero attached hydrogens (tertiary/aromatic N) is 1. The van der Waals surface area contributed by atoms with Crippen LogP contribution in [-0.2, 0) is 14.3 Å². The average molecular weight is 309 g/mol. The van der Waals surface area contributed by atoms with Crippen LogP contribution >= 0.6 is 0 Å². The molecule has 1 fully saturated rings. The van der Waals surface area contributed by atoms with Crippen molar-refractivity contribution in [2.24, 2.45) is 5.92 Å². The van der Waals surface area contributed by atoms with E-state index in [1.165, 1.54) is 18.2 Å². The van der Waals surface area contributed by atoms with E-state index in [2.05, 4.69) is 0 Å². The minimum atomic E-state index is -0.412. The molecule has 1 aromatic rings. The molecule has 0 aromatic heterocycles. The number of hydrogen-bond donors (Lipinski definition) is 0. The summed E-state index contributed by atoms with van der Waals surface area (Å²) in [6.45, 7) is 2.88. The van der Waals surface area contributed by atoms with Crippen molar-refractivity contribution in [2.75, 3.05) is 26.3 Å². The molecular formula is C16H20FNO4. The van der Waals surface area contributed by atoms with Crippen molar-refractivity contribution in [3.63, 3.8) is 0 Å². The van der Waals surface area contributed by atoms with E-state index in [0.29, 0.717) is 25.4 Å². The minimum Gasteiger partial charge on any atom is -0.484 e. The molecule has 5 nitrogen and oxygen atoms in total. The van der Waals surface area contributed by atoms with Gasteiger partial charge in [-0.2, -0.15) is 0 Å². The Hall–Kier alpha value is -2.11. The van der Waals surface area contributed by atoms with Crippen LogP contribution in [0.1, 0.15) is 19.8 Å². The van der Waals surface area contributed by atoms with E-state index in [-0.39, 0.29) is 24.4 Å². The minimum absolute atomic E-state index is 0.168. The van der Waals surface area contributed by atoms with Crippen LogP contribution < -0.4 is 4.74 Å². The summed E-state index contributed by atoms with van der Waals surface area (Å²) >= 11 is 0. The Bertz CT molecular complexity index is 535. The van der Waals surface area contributed by atoms with Gasteiger partial charge in [0.15, 0.2) is 6.61 Å². The Labute approximate surface area is 129 Å². The highest BCUT2D eigenvalue weighted by Gasteiger charge is 2.29. The Morgan fingerprint density at radius 2 is 2.23 bits per heavy atom. The van der Waals surface area contributed by atoms with Gasteiger partial charge in [-0.25, -0.2) is 4.39 Å². The molecule has 1 aliphatic rings. The molecule has 120 valence electrons. The maximum absolute atomic E-state index is 13.0. The lowest BCUT2D eigenvalue weighted by molar-refractivity contribution is -0.151. The van der Waals surface area contributed by atoms with Gasteiger partial charge >= 0.3 is 5.97 Å². The predicted octanol–water partition coefficient (Wildman–Crippen LogP) is 2.01. The average Bonchev–Trinajstić information content (AvgIpc) is 2.53. The van der Waals surface area contributed by atoms with Crippen molar-refractivity contribution >= 4 is 11.9 Å². The van der Waals surface area contributed by atoms with E-state index >= 15 is 0 Å². The number of hydrogen-bond acceptors (Lipinski definition) is 4. The number of piperidine rings is 1. The van der Waals surface area contributed by atoms with Crippen LogP contribution in [0.15, 0.2) is 24.3 Å². The number of halogens is 1. The zero-order chi connectivity index (χ0) is 15.9. The Morgan fingerprint density at radius 3 is 2.95 bits per heavy atom. The van der Waals surface area contributed by atoms with Gasteiger partial charge in [0.05, 0.1) is 12.5 Å². The van der Waals surface area contributed by atoms with Crippen LogP contribution in [0.5, 0.6) is 5.75 Å². The third-order valence-electron chi connectivity index (χ3n) is 3.55. The van der Waals surface area contributed by atoms with Crippen molar-refractivity contribution < 1.29 is 23.5 Å². The number of ether oxygens (including phenoxy) is 2.